The maximum absolute atomic E-state index is 10.5. The summed E-state index contributed by atoms with van der Waals surface area (Å²) < 4.78 is 0. The van der Waals surface area contributed by atoms with Crippen LogP contribution in [-0.2, 0) is 4.79 Å². The molecular weight excluding hydrogens is 274 g/mol. The van der Waals surface area contributed by atoms with Crippen LogP contribution in [0.1, 0.15) is 33.1 Å². The van der Waals surface area contributed by atoms with Crippen LogP contribution in [0.15, 0.2) is 28.2 Å². The second-order valence-electron chi connectivity index (χ2n) is 4.00. The first-order valence-electron chi connectivity index (χ1n) is 6.47. The number of hydrogen-bond donors (Lipinski definition) is 3. The van der Waals surface area contributed by atoms with Crippen LogP contribution in [0.25, 0.3) is 0 Å². The predicted octanol–water partition coefficient (Wildman–Crippen LogP) is 1.76. The van der Waals surface area contributed by atoms with E-state index in [2.05, 4.69) is 23.8 Å². The number of aliphatic imine (C=N–C) groups is 1. The van der Waals surface area contributed by atoms with Crippen molar-refractivity contribution < 1.29 is 4.79 Å². The Bertz CT molecular complexity index is 433. The standard InChI is InChI=1S/C10H15N5OS.C3H8/c11-7(16)3-2-6-17-9-5-1-4-8(14-9)15-10(12)13;1-3-2/h1,4-5H,2-3,6H2,(H2,11,16)(H4,12,13,14,15);3H2,1-2H3. The number of rotatable bonds is 6. The predicted molar refractivity (Wildman–Crippen MR) is 84.8 cm³/mol. The van der Waals surface area contributed by atoms with Crippen LogP contribution in [0, 0.1) is 0 Å². The van der Waals surface area contributed by atoms with Crippen molar-refractivity contribution in [1.29, 1.82) is 0 Å². The van der Waals surface area contributed by atoms with E-state index in [1.807, 2.05) is 12.1 Å². The van der Waals surface area contributed by atoms with Gasteiger partial charge in [-0.1, -0.05) is 26.3 Å². The molecule has 1 heterocycles. The monoisotopic (exact) mass is 297 g/mol. The van der Waals surface area contributed by atoms with Gasteiger partial charge >= 0.3 is 0 Å². The molecule has 0 bridgehead atoms. The Morgan fingerprint density at radius 2 is 1.95 bits per heavy atom. The molecule has 1 rings (SSSR count). The highest BCUT2D eigenvalue weighted by Crippen LogP contribution is 2.19. The van der Waals surface area contributed by atoms with Crippen LogP contribution in [0.2, 0.25) is 0 Å². The van der Waals surface area contributed by atoms with Gasteiger partial charge in [-0.15, -0.1) is 11.8 Å². The lowest BCUT2D eigenvalue weighted by molar-refractivity contribution is -0.118. The molecule has 0 aliphatic heterocycles. The first-order valence-corrected chi connectivity index (χ1v) is 7.45. The van der Waals surface area contributed by atoms with Crippen molar-refractivity contribution in [2.45, 2.75) is 38.1 Å². The van der Waals surface area contributed by atoms with E-state index in [-0.39, 0.29) is 11.9 Å². The van der Waals surface area contributed by atoms with Gasteiger partial charge in [0, 0.05) is 6.42 Å². The number of aromatic nitrogens is 1. The number of thioether (sulfide) groups is 1. The summed E-state index contributed by atoms with van der Waals surface area (Å²) >= 11 is 1.53. The highest BCUT2D eigenvalue weighted by atomic mass is 32.2. The molecule has 0 aliphatic carbocycles. The zero-order valence-electron chi connectivity index (χ0n) is 12.0. The molecule has 6 N–H and O–H groups in total. The first kappa shape index (κ1) is 18.2. The van der Waals surface area contributed by atoms with Gasteiger partial charge in [0.1, 0.15) is 0 Å². The number of hydrogen-bond acceptors (Lipinski definition) is 4. The first-order chi connectivity index (χ1) is 9.49. The summed E-state index contributed by atoms with van der Waals surface area (Å²) in [5.41, 5.74) is 15.6. The molecule has 112 valence electrons. The molecule has 0 spiro atoms. The number of carbonyl (C=O) groups is 1. The fraction of sp³-hybridized carbons (Fsp3) is 0.462. The maximum Gasteiger partial charge on any atom is 0.217 e. The van der Waals surface area contributed by atoms with Gasteiger partial charge in [-0.3, -0.25) is 4.79 Å². The van der Waals surface area contributed by atoms with Gasteiger partial charge in [0.2, 0.25) is 5.91 Å². The minimum Gasteiger partial charge on any atom is -0.370 e. The molecule has 0 saturated heterocycles. The van der Waals surface area contributed by atoms with Gasteiger partial charge in [0.25, 0.3) is 0 Å². The molecule has 0 aliphatic rings. The summed E-state index contributed by atoms with van der Waals surface area (Å²) in [6.07, 6.45) is 2.37. The quantitative estimate of drug-likeness (QED) is 0.320. The van der Waals surface area contributed by atoms with Gasteiger partial charge in [-0.05, 0) is 24.3 Å². The molecule has 0 saturated carbocycles. The van der Waals surface area contributed by atoms with E-state index in [4.69, 9.17) is 17.2 Å². The molecule has 0 unspecified atom stereocenters. The van der Waals surface area contributed by atoms with Crippen molar-refractivity contribution in [3.63, 3.8) is 0 Å². The summed E-state index contributed by atoms with van der Waals surface area (Å²) in [7, 11) is 0. The molecule has 7 heteroatoms. The third-order valence-corrected chi connectivity index (χ3v) is 2.79. The Kier molecular flexibility index (Phi) is 10.1. The Morgan fingerprint density at radius 3 is 2.50 bits per heavy atom. The van der Waals surface area contributed by atoms with E-state index >= 15 is 0 Å². The number of pyridine rings is 1. The average Bonchev–Trinajstić information content (AvgIpc) is 2.35. The number of primary amides is 1. The van der Waals surface area contributed by atoms with E-state index in [9.17, 15) is 4.79 Å². The van der Waals surface area contributed by atoms with Gasteiger partial charge in [0.05, 0.1) is 5.03 Å². The minimum absolute atomic E-state index is 0.0200. The Morgan fingerprint density at radius 1 is 1.30 bits per heavy atom. The third-order valence-electron chi connectivity index (χ3n) is 1.77. The van der Waals surface area contributed by atoms with Crippen molar-refractivity contribution in [1.82, 2.24) is 4.98 Å². The fourth-order valence-corrected chi connectivity index (χ4v) is 1.93. The van der Waals surface area contributed by atoms with E-state index in [0.29, 0.717) is 12.2 Å². The highest BCUT2D eigenvalue weighted by molar-refractivity contribution is 7.99. The van der Waals surface area contributed by atoms with Gasteiger partial charge in [-0.2, -0.15) is 4.99 Å². The van der Waals surface area contributed by atoms with Crippen LogP contribution in [0.4, 0.5) is 5.82 Å². The topological polar surface area (TPSA) is 120 Å². The van der Waals surface area contributed by atoms with Gasteiger partial charge < -0.3 is 17.2 Å². The summed E-state index contributed by atoms with van der Waals surface area (Å²) in [4.78, 5) is 18.6. The molecule has 0 fully saturated rings. The summed E-state index contributed by atoms with van der Waals surface area (Å²) in [6.45, 7) is 4.25. The van der Waals surface area contributed by atoms with Crippen LogP contribution < -0.4 is 17.2 Å². The molecule has 1 aromatic rings. The van der Waals surface area contributed by atoms with Crippen LogP contribution in [0.5, 0.6) is 0 Å². The maximum atomic E-state index is 10.5. The van der Waals surface area contributed by atoms with Crippen molar-refractivity contribution in [2.75, 3.05) is 5.75 Å². The number of nitrogens with two attached hydrogens (primary N) is 3. The molecule has 0 atom stereocenters. The zero-order valence-corrected chi connectivity index (χ0v) is 12.8. The second-order valence-corrected chi connectivity index (χ2v) is 5.11. The number of nitrogens with zero attached hydrogens (tertiary/aromatic N) is 2. The molecule has 0 radical (unpaired) electrons. The second kappa shape index (κ2) is 11.1. The van der Waals surface area contributed by atoms with Crippen molar-refractivity contribution in [3.05, 3.63) is 18.2 Å². The molecule has 1 amide bonds. The van der Waals surface area contributed by atoms with Crippen LogP contribution >= 0.6 is 11.8 Å². The highest BCUT2D eigenvalue weighted by Gasteiger charge is 1.99. The molecule has 1 aromatic heterocycles. The lowest BCUT2D eigenvalue weighted by Crippen LogP contribution is -2.22. The largest absolute Gasteiger partial charge is 0.370 e. The number of carbonyl (C=O) groups excluding carboxylic acids is 1. The number of guanidine groups is 1. The zero-order chi connectivity index (χ0) is 15.4. The minimum atomic E-state index is -0.284. The normalized spacial score (nSPS) is 9.30. The van der Waals surface area contributed by atoms with Crippen molar-refractivity contribution >= 4 is 29.4 Å². The van der Waals surface area contributed by atoms with Crippen molar-refractivity contribution in [2.24, 2.45) is 22.2 Å². The summed E-state index contributed by atoms with van der Waals surface area (Å²) in [6, 6.07) is 5.40. The van der Waals surface area contributed by atoms with Gasteiger partial charge in [0.15, 0.2) is 11.8 Å². The Labute approximate surface area is 124 Å². The van der Waals surface area contributed by atoms with Crippen LogP contribution in [-0.4, -0.2) is 22.6 Å². The van der Waals surface area contributed by atoms with E-state index in [0.717, 1.165) is 17.2 Å². The molecule has 20 heavy (non-hydrogen) atoms. The smallest absolute Gasteiger partial charge is 0.217 e. The lowest BCUT2D eigenvalue weighted by Gasteiger charge is -2.01. The lowest BCUT2D eigenvalue weighted by atomic mass is 10.3. The van der Waals surface area contributed by atoms with E-state index in [1.165, 1.54) is 18.2 Å². The third kappa shape index (κ3) is 10.2. The Balaban J connectivity index is 0.00000110. The average molecular weight is 297 g/mol. The number of amides is 1. The molecule has 0 aromatic carbocycles. The van der Waals surface area contributed by atoms with Crippen molar-refractivity contribution in [3.8, 4) is 0 Å². The molecule has 6 nitrogen and oxygen atoms in total. The van der Waals surface area contributed by atoms with E-state index in [1.54, 1.807) is 6.07 Å². The van der Waals surface area contributed by atoms with Gasteiger partial charge in [-0.25, -0.2) is 4.98 Å². The van der Waals surface area contributed by atoms with E-state index < -0.39 is 0 Å². The van der Waals surface area contributed by atoms with Crippen LogP contribution in [0.3, 0.4) is 0 Å². The fourth-order valence-electron chi connectivity index (χ4n) is 1.10. The Hall–Kier alpha value is -1.76. The SMILES string of the molecule is CCC.NC(=O)CCCSc1cccc(N=C(N)N)n1. The summed E-state index contributed by atoms with van der Waals surface area (Å²) in [5.74, 6) is 0.951. The summed E-state index contributed by atoms with van der Waals surface area (Å²) in [5, 5.41) is 0.817. The molecular formula is C13H23N5OS.